The monoisotopic (exact) mass is 349 g/mol. The third kappa shape index (κ3) is 3.76. The van der Waals surface area contributed by atoms with Crippen LogP contribution in [0, 0.1) is 0 Å². The van der Waals surface area contributed by atoms with E-state index in [0.29, 0.717) is 0 Å². The van der Waals surface area contributed by atoms with Crippen molar-refractivity contribution in [2.75, 3.05) is 19.5 Å². The molecule has 0 heterocycles. The zero-order valence-corrected chi connectivity index (χ0v) is 13.4. The molecule has 110 valence electrons. The molecule has 0 bridgehead atoms. The van der Waals surface area contributed by atoms with Crippen molar-refractivity contribution in [3.05, 3.63) is 58.6 Å². The van der Waals surface area contributed by atoms with Crippen molar-refractivity contribution in [2.24, 2.45) is 0 Å². The number of anilines is 1. The fourth-order valence-electron chi connectivity index (χ4n) is 1.97. The van der Waals surface area contributed by atoms with E-state index in [2.05, 4.69) is 21.2 Å². The quantitative estimate of drug-likeness (QED) is 0.834. The van der Waals surface area contributed by atoms with Gasteiger partial charge in [0.05, 0.1) is 14.2 Å². The highest BCUT2D eigenvalue weighted by atomic mass is 79.9. The molecule has 4 nitrogen and oxygen atoms in total. The summed E-state index contributed by atoms with van der Waals surface area (Å²) in [6.07, 6.45) is 0. The lowest BCUT2D eigenvalue weighted by atomic mass is 10.1. The van der Waals surface area contributed by atoms with E-state index in [1.807, 2.05) is 48.5 Å². The lowest BCUT2D eigenvalue weighted by molar-refractivity contribution is -0.141. The molecule has 21 heavy (non-hydrogen) atoms. The van der Waals surface area contributed by atoms with Crippen LogP contribution in [0.15, 0.2) is 53.0 Å². The first-order valence-electron chi connectivity index (χ1n) is 6.38. The predicted octanol–water partition coefficient (Wildman–Crippen LogP) is 3.78. The van der Waals surface area contributed by atoms with E-state index < -0.39 is 6.04 Å². The summed E-state index contributed by atoms with van der Waals surface area (Å²) >= 11 is 3.46. The summed E-state index contributed by atoms with van der Waals surface area (Å²) < 4.78 is 10.9. The SMILES string of the molecule is COC(=O)C(Nc1cccc(OC)c1)c1ccccc1Br. The molecule has 0 radical (unpaired) electrons. The van der Waals surface area contributed by atoms with Crippen molar-refractivity contribution in [3.63, 3.8) is 0 Å². The van der Waals surface area contributed by atoms with E-state index in [9.17, 15) is 4.79 Å². The molecule has 0 fully saturated rings. The Morgan fingerprint density at radius 3 is 2.57 bits per heavy atom. The minimum atomic E-state index is -0.599. The predicted molar refractivity (Wildman–Crippen MR) is 85.5 cm³/mol. The number of esters is 1. The molecule has 0 spiro atoms. The number of carbonyl (C=O) groups is 1. The summed E-state index contributed by atoms with van der Waals surface area (Å²) in [4.78, 5) is 12.1. The number of halogens is 1. The lowest BCUT2D eigenvalue weighted by Gasteiger charge is -2.19. The fraction of sp³-hybridized carbons (Fsp3) is 0.188. The van der Waals surface area contributed by atoms with Gasteiger partial charge in [0.25, 0.3) is 0 Å². The lowest BCUT2D eigenvalue weighted by Crippen LogP contribution is -2.22. The van der Waals surface area contributed by atoms with Crippen molar-refractivity contribution in [2.45, 2.75) is 6.04 Å². The molecule has 2 aromatic rings. The second kappa shape index (κ2) is 7.13. The highest BCUT2D eigenvalue weighted by Crippen LogP contribution is 2.28. The van der Waals surface area contributed by atoms with Crippen LogP contribution >= 0.6 is 15.9 Å². The van der Waals surface area contributed by atoms with Gasteiger partial charge in [0, 0.05) is 16.2 Å². The van der Waals surface area contributed by atoms with Crippen LogP contribution in [-0.2, 0) is 9.53 Å². The first kappa shape index (κ1) is 15.4. The zero-order valence-electron chi connectivity index (χ0n) is 11.8. The van der Waals surface area contributed by atoms with Crippen LogP contribution in [0.4, 0.5) is 5.69 Å². The number of ether oxygens (including phenoxy) is 2. The van der Waals surface area contributed by atoms with Crippen LogP contribution in [0.1, 0.15) is 11.6 Å². The number of nitrogens with one attached hydrogen (secondary N) is 1. The molecule has 1 atom stereocenters. The summed E-state index contributed by atoms with van der Waals surface area (Å²) in [6.45, 7) is 0. The van der Waals surface area contributed by atoms with Gasteiger partial charge >= 0.3 is 5.97 Å². The first-order valence-corrected chi connectivity index (χ1v) is 7.18. The van der Waals surface area contributed by atoms with E-state index in [-0.39, 0.29) is 5.97 Å². The standard InChI is InChI=1S/C16H16BrNO3/c1-20-12-7-5-6-11(10-12)18-15(16(19)21-2)13-8-3-4-9-14(13)17/h3-10,15,18H,1-2H3. The third-order valence-corrected chi connectivity index (χ3v) is 3.76. The first-order chi connectivity index (χ1) is 10.2. The van der Waals surface area contributed by atoms with Gasteiger partial charge in [-0.1, -0.05) is 40.2 Å². The van der Waals surface area contributed by atoms with Crippen LogP contribution < -0.4 is 10.1 Å². The van der Waals surface area contributed by atoms with Crippen LogP contribution in [0.3, 0.4) is 0 Å². The van der Waals surface area contributed by atoms with E-state index in [1.165, 1.54) is 7.11 Å². The summed E-state index contributed by atoms with van der Waals surface area (Å²) in [7, 11) is 2.98. The Kier molecular flexibility index (Phi) is 5.22. The Morgan fingerprint density at radius 2 is 1.90 bits per heavy atom. The van der Waals surface area contributed by atoms with Gasteiger partial charge in [-0.2, -0.15) is 0 Å². The van der Waals surface area contributed by atoms with Crippen molar-refractivity contribution >= 4 is 27.6 Å². The average molecular weight is 350 g/mol. The largest absolute Gasteiger partial charge is 0.497 e. The second-order valence-electron chi connectivity index (χ2n) is 4.35. The Labute approximate surface area is 132 Å². The van der Waals surface area contributed by atoms with Crippen LogP contribution in [-0.4, -0.2) is 20.2 Å². The summed E-state index contributed by atoms with van der Waals surface area (Å²) in [5.41, 5.74) is 1.59. The van der Waals surface area contributed by atoms with Gasteiger partial charge in [-0.25, -0.2) is 4.79 Å². The molecule has 2 rings (SSSR count). The third-order valence-electron chi connectivity index (χ3n) is 3.03. The fourth-order valence-corrected chi connectivity index (χ4v) is 2.48. The van der Waals surface area contributed by atoms with E-state index in [0.717, 1.165) is 21.5 Å². The minimum Gasteiger partial charge on any atom is -0.497 e. The number of hydrogen-bond donors (Lipinski definition) is 1. The number of rotatable bonds is 5. The highest BCUT2D eigenvalue weighted by molar-refractivity contribution is 9.10. The van der Waals surface area contributed by atoms with Gasteiger partial charge in [0.2, 0.25) is 0 Å². The Balaban J connectivity index is 2.33. The molecule has 0 saturated carbocycles. The van der Waals surface area contributed by atoms with Crippen LogP contribution in [0.25, 0.3) is 0 Å². The van der Waals surface area contributed by atoms with Gasteiger partial charge in [0.1, 0.15) is 5.75 Å². The Hall–Kier alpha value is -2.01. The van der Waals surface area contributed by atoms with Crippen LogP contribution in [0.2, 0.25) is 0 Å². The number of benzene rings is 2. The van der Waals surface area contributed by atoms with E-state index in [4.69, 9.17) is 9.47 Å². The van der Waals surface area contributed by atoms with Crippen molar-refractivity contribution in [3.8, 4) is 5.75 Å². The Bertz CT molecular complexity index is 630. The molecule has 1 N–H and O–H groups in total. The molecule has 0 saturated heterocycles. The molecule has 1 unspecified atom stereocenters. The molecule has 2 aromatic carbocycles. The van der Waals surface area contributed by atoms with Gasteiger partial charge in [-0.3, -0.25) is 0 Å². The van der Waals surface area contributed by atoms with Gasteiger partial charge in [-0.15, -0.1) is 0 Å². The maximum atomic E-state index is 12.1. The van der Waals surface area contributed by atoms with Gasteiger partial charge in [-0.05, 0) is 23.8 Å². The molecule has 0 aromatic heterocycles. The van der Waals surface area contributed by atoms with Crippen molar-refractivity contribution < 1.29 is 14.3 Å². The topological polar surface area (TPSA) is 47.6 Å². The van der Waals surface area contributed by atoms with E-state index in [1.54, 1.807) is 7.11 Å². The van der Waals surface area contributed by atoms with Crippen LogP contribution in [0.5, 0.6) is 5.75 Å². The molecular weight excluding hydrogens is 334 g/mol. The minimum absolute atomic E-state index is 0.357. The van der Waals surface area contributed by atoms with Crippen molar-refractivity contribution in [1.29, 1.82) is 0 Å². The molecule has 0 amide bonds. The molecular formula is C16H16BrNO3. The molecule has 0 aliphatic heterocycles. The second-order valence-corrected chi connectivity index (χ2v) is 5.21. The maximum Gasteiger partial charge on any atom is 0.333 e. The van der Waals surface area contributed by atoms with E-state index >= 15 is 0 Å². The highest BCUT2D eigenvalue weighted by Gasteiger charge is 2.23. The maximum absolute atomic E-state index is 12.1. The molecule has 0 aliphatic rings. The number of hydrogen-bond acceptors (Lipinski definition) is 4. The zero-order chi connectivity index (χ0) is 15.2. The molecule has 0 aliphatic carbocycles. The average Bonchev–Trinajstić information content (AvgIpc) is 2.53. The summed E-state index contributed by atoms with van der Waals surface area (Å²) in [5, 5.41) is 3.18. The number of carbonyl (C=O) groups excluding carboxylic acids is 1. The summed E-state index contributed by atoms with van der Waals surface area (Å²) in [5.74, 6) is 0.362. The Morgan fingerprint density at radius 1 is 1.14 bits per heavy atom. The normalized spacial score (nSPS) is 11.6. The van der Waals surface area contributed by atoms with Gasteiger partial charge in [0.15, 0.2) is 6.04 Å². The molecule has 5 heteroatoms. The summed E-state index contributed by atoms with van der Waals surface area (Å²) in [6, 6.07) is 14.3. The van der Waals surface area contributed by atoms with Crippen molar-refractivity contribution in [1.82, 2.24) is 0 Å². The van der Waals surface area contributed by atoms with Gasteiger partial charge < -0.3 is 14.8 Å². The number of methoxy groups -OCH3 is 2. The smallest absolute Gasteiger partial charge is 0.333 e.